The number of nitrogens with zero attached hydrogens (tertiary/aromatic N) is 3. The van der Waals surface area contributed by atoms with E-state index in [9.17, 15) is 9.59 Å². The third-order valence-electron chi connectivity index (χ3n) is 4.11. The Bertz CT molecular complexity index is 774. The smallest absolute Gasteiger partial charge is 0.411 e. The summed E-state index contributed by atoms with van der Waals surface area (Å²) in [4.78, 5) is 30.0. The number of imidazole rings is 1. The van der Waals surface area contributed by atoms with E-state index in [-0.39, 0.29) is 19.1 Å². The zero-order valence-corrected chi connectivity index (χ0v) is 14.1. The van der Waals surface area contributed by atoms with Crippen molar-refractivity contribution in [1.29, 1.82) is 0 Å². The molecule has 8 heteroatoms. The van der Waals surface area contributed by atoms with Gasteiger partial charge in [0.25, 0.3) is 0 Å². The summed E-state index contributed by atoms with van der Waals surface area (Å²) in [5.74, 6) is 1.15. The van der Waals surface area contributed by atoms with Crippen LogP contribution < -0.4 is 10.1 Å². The molecule has 8 nitrogen and oxygen atoms in total. The first-order valence-electron chi connectivity index (χ1n) is 7.88. The van der Waals surface area contributed by atoms with E-state index in [1.54, 1.807) is 24.1 Å². The minimum atomic E-state index is -0.671. The Morgan fingerprint density at radius 3 is 3.04 bits per heavy atom. The summed E-state index contributed by atoms with van der Waals surface area (Å²) < 4.78 is 12.0. The van der Waals surface area contributed by atoms with E-state index >= 15 is 0 Å². The summed E-state index contributed by atoms with van der Waals surface area (Å²) in [6, 6.07) is 6.77. The first-order chi connectivity index (χ1) is 12.1. The minimum absolute atomic E-state index is 0.0349. The van der Waals surface area contributed by atoms with Gasteiger partial charge in [-0.2, -0.15) is 0 Å². The maximum Gasteiger partial charge on any atom is 0.411 e. The second-order valence-corrected chi connectivity index (χ2v) is 5.74. The van der Waals surface area contributed by atoms with Crippen LogP contribution in [0.25, 0.3) is 0 Å². The molecule has 1 N–H and O–H groups in total. The third-order valence-corrected chi connectivity index (χ3v) is 4.11. The van der Waals surface area contributed by atoms with E-state index in [1.165, 1.54) is 4.90 Å². The lowest BCUT2D eigenvalue weighted by Crippen LogP contribution is -2.45. The number of benzene rings is 1. The predicted molar refractivity (Wildman–Crippen MR) is 88.7 cm³/mol. The van der Waals surface area contributed by atoms with Crippen molar-refractivity contribution < 1.29 is 19.1 Å². The number of carbonyl (C=O) groups is 2. The zero-order chi connectivity index (χ0) is 17.8. The number of methoxy groups -OCH3 is 1. The molecular weight excluding hydrogens is 324 g/mol. The number of hydrogen-bond acceptors (Lipinski definition) is 5. The molecule has 1 fully saturated rings. The van der Waals surface area contributed by atoms with Gasteiger partial charge in [-0.05, 0) is 17.7 Å². The Labute approximate surface area is 145 Å². The Kier molecular flexibility index (Phi) is 4.87. The molecule has 2 heterocycles. The first kappa shape index (κ1) is 16.8. The van der Waals surface area contributed by atoms with E-state index in [4.69, 9.17) is 9.47 Å². The summed E-state index contributed by atoms with van der Waals surface area (Å²) in [6.07, 6.45) is 2.92. The Hall–Kier alpha value is -3.03. The van der Waals surface area contributed by atoms with Gasteiger partial charge in [-0.25, -0.2) is 9.78 Å². The molecule has 0 unspecified atom stereocenters. The molecule has 3 rings (SSSR count). The number of amides is 2. The van der Waals surface area contributed by atoms with Gasteiger partial charge in [0.1, 0.15) is 24.2 Å². The van der Waals surface area contributed by atoms with Gasteiger partial charge in [-0.1, -0.05) is 12.1 Å². The molecule has 2 aromatic rings. The monoisotopic (exact) mass is 344 g/mol. The summed E-state index contributed by atoms with van der Waals surface area (Å²) in [5, 5.41) is 2.84. The van der Waals surface area contributed by atoms with Crippen LogP contribution in [0.5, 0.6) is 5.75 Å². The molecule has 1 aliphatic rings. The van der Waals surface area contributed by atoms with Crippen LogP contribution in [0.15, 0.2) is 36.7 Å². The molecule has 0 aliphatic carbocycles. The lowest BCUT2D eigenvalue weighted by Gasteiger charge is -2.20. The van der Waals surface area contributed by atoms with Gasteiger partial charge in [0.2, 0.25) is 5.91 Å². The fourth-order valence-electron chi connectivity index (χ4n) is 2.63. The number of nitrogens with one attached hydrogen (secondary N) is 1. The second kappa shape index (κ2) is 7.25. The third kappa shape index (κ3) is 3.73. The highest BCUT2D eigenvalue weighted by Crippen LogP contribution is 2.17. The number of rotatable bonds is 6. The largest absolute Gasteiger partial charge is 0.497 e. The molecule has 0 radical (unpaired) electrons. The Morgan fingerprint density at radius 1 is 1.48 bits per heavy atom. The number of hydrogen-bond donors (Lipinski definition) is 1. The molecule has 0 saturated carbocycles. The van der Waals surface area contributed by atoms with Crippen LogP contribution in [0.2, 0.25) is 0 Å². The van der Waals surface area contributed by atoms with Crippen molar-refractivity contribution in [3.05, 3.63) is 48.0 Å². The van der Waals surface area contributed by atoms with Gasteiger partial charge < -0.3 is 19.4 Å². The van der Waals surface area contributed by atoms with Crippen LogP contribution in [0, 0.1) is 0 Å². The van der Waals surface area contributed by atoms with Crippen molar-refractivity contribution in [2.45, 2.75) is 19.1 Å². The fourth-order valence-corrected chi connectivity index (χ4v) is 2.63. The standard InChI is InChI=1S/C17H20N4O4/c1-20-7-6-18-15(20)10-21-14(11-25-17(21)23)16(22)19-9-12-4-3-5-13(8-12)24-2/h3-8,14H,9-11H2,1-2H3,(H,19,22)/t14-/m0/s1. The lowest BCUT2D eigenvalue weighted by molar-refractivity contribution is -0.125. The van der Waals surface area contributed by atoms with Crippen molar-refractivity contribution in [2.24, 2.45) is 7.05 Å². The van der Waals surface area contributed by atoms with Crippen molar-refractivity contribution in [1.82, 2.24) is 19.8 Å². The predicted octanol–water partition coefficient (Wildman–Crippen LogP) is 1.07. The normalized spacial score (nSPS) is 16.6. The van der Waals surface area contributed by atoms with E-state index in [0.29, 0.717) is 12.4 Å². The van der Waals surface area contributed by atoms with Gasteiger partial charge >= 0.3 is 6.09 Å². The van der Waals surface area contributed by atoms with Crippen LogP contribution in [-0.4, -0.2) is 46.2 Å². The van der Waals surface area contributed by atoms with Crippen LogP contribution in [-0.2, 0) is 29.7 Å². The average molecular weight is 344 g/mol. The number of ether oxygens (including phenoxy) is 2. The summed E-state index contributed by atoms with van der Waals surface area (Å²) in [6.45, 7) is 0.601. The molecule has 0 spiro atoms. The maximum atomic E-state index is 12.5. The van der Waals surface area contributed by atoms with Gasteiger partial charge in [0, 0.05) is 26.0 Å². The van der Waals surface area contributed by atoms with Gasteiger partial charge in [-0.3, -0.25) is 9.69 Å². The van der Waals surface area contributed by atoms with E-state index in [1.807, 2.05) is 31.3 Å². The zero-order valence-electron chi connectivity index (χ0n) is 14.1. The summed E-state index contributed by atoms with van der Waals surface area (Å²) in [5.41, 5.74) is 0.911. The highest BCUT2D eigenvalue weighted by molar-refractivity contribution is 5.87. The van der Waals surface area contributed by atoms with E-state index < -0.39 is 12.1 Å². The molecule has 1 aliphatic heterocycles. The molecular formula is C17H20N4O4. The lowest BCUT2D eigenvalue weighted by atomic mass is 10.2. The number of cyclic esters (lactones) is 1. The maximum absolute atomic E-state index is 12.5. The van der Waals surface area contributed by atoms with Crippen molar-refractivity contribution in [3.63, 3.8) is 0 Å². The van der Waals surface area contributed by atoms with E-state index in [2.05, 4.69) is 10.3 Å². The molecule has 1 atom stereocenters. The fraction of sp³-hybridized carbons (Fsp3) is 0.353. The number of aromatic nitrogens is 2. The second-order valence-electron chi connectivity index (χ2n) is 5.74. The molecule has 1 aromatic heterocycles. The number of carbonyl (C=O) groups excluding carboxylic acids is 2. The summed E-state index contributed by atoms with van der Waals surface area (Å²) >= 11 is 0. The quantitative estimate of drug-likeness (QED) is 0.847. The Morgan fingerprint density at radius 2 is 2.32 bits per heavy atom. The highest BCUT2D eigenvalue weighted by atomic mass is 16.6. The minimum Gasteiger partial charge on any atom is -0.497 e. The first-order valence-corrected chi connectivity index (χ1v) is 7.88. The van der Waals surface area contributed by atoms with Crippen LogP contribution >= 0.6 is 0 Å². The van der Waals surface area contributed by atoms with Crippen molar-refractivity contribution in [3.8, 4) is 5.75 Å². The topological polar surface area (TPSA) is 85.7 Å². The van der Waals surface area contributed by atoms with Crippen LogP contribution in [0.3, 0.4) is 0 Å². The Balaban J connectivity index is 1.63. The highest BCUT2D eigenvalue weighted by Gasteiger charge is 2.38. The van der Waals surface area contributed by atoms with Gasteiger partial charge in [0.05, 0.1) is 13.7 Å². The molecule has 2 amide bonds. The average Bonchev–Trinajstić information content (AvgIpc) is 3.20. The SMILES string of the molecule is COc1cccc(CNC(=O)[C@@H]2COC(=O)N2Cc2nccn2C)c1. The van der Waals surface area contributed by atoms with Crippen molar-refractivity contribution in [2.75, 3.05) is 13.7 Å². The van der Waals surface area contributed by atoms with Crippen LogP contribution in [0.4, 0.5) is 4.79 Å². The molecule has 1 saturated heterocycles. The van der Waals surface area contributed by atoms with Crippen LogP contribution in [0.1, 0.15) is 11.4 Å². The van der Waals surface area contributed by atoms with Crippen molar-refractivity contribution >= 4 is 12.0 Å². The van der Waals surface area contributed by atoms with Gasteiger partial charge in [0.15, 0.2) is 0 Å². The molecule has 132 valence electrons. The molecule has 0 bridgehead atoms. The molecule has 1 aromatic carbocycles. The van der Waals surface area contributed by atoms with E-state index in [0.717, 1.165) is 11.3 Å². The van der Waals surface area contributed by atoms with Gasteiger partial charge in [-0.15, -0.1) is 0 Å². The number of aryl methyl sites for hydroxylation is 1. The summed E-state index contributed by atoms with van der Waals surface area (Å²) in [7, 11) is 3.43. The molecule has 25 heavy (non-hydrogen) atoms.